The molecule has 1 aromatic carbocycles. The van der Waals surface area contributed by atoms with Crippen LogP contribution in [0.1, 0.15) is 24.0 Å². The zero-order valence-electron chi connectivity index (χ0n) is 11.8. The molecule has 0 aliphatic carbocycles. The minimum absolute atomic E-state index is 0.0136. The van der Waals surface area contributed by atoms with Crippen LogP contribution in [0.25, 0.3) is 6.08 Å². The van der Waals surface area contributed by atoms with Gasteiger partial charge in [0.2, 0.25) is 0 Å². The third-order valence-electron chi connectivity index (χ3n) is 3.19. The Morgan fingerprint density at radius 2 is 2.23 bits per heavy atom. The molecule has 2 rings (SSSR count). The molecule has 0 unspecified atom stereocenters. The normalized spacial score (nSPS) is 16.6. The van der Waals surface area contributed by atoms with Gasteiger partial charge in [0.1, 0.15) is 4.32 Å². The van der Waals surface area contributed by atoms with E-state index in [4.69, 9.17) is 28.9 Å². The standard InChI is InChI=1S/C15H14ClNO3S2/c1-9-4-2-5-11(16)10(9)8-12-14(20)17(15(21)22-12)7-3-6-13(18)19/h2,4-5,8H,3,6-7H2,1H3,(H,18,19). The third kappa shape index (κ3) is 3.88. The molecule has 1 aromatic rings. The Kier molecular flexibility index (Phi) is 5.61. The van der Waals surface area contributed by atoms with Crippen LogP contribution in [0.3, 0.4) is 0 Å². The Bertz CT molecular complexity index is 653. The maximum Gasteiger partial charge on any atom is 0.303 e. The Balaban J connectivity index is 2.17. The Labute approximate surface area is 143 Å². The lowest BCUT2D eigenvalue weighted by molar-refractivity contribution is -0.137. The summed E-state index contributed by atoms with van der Waals surface area (Å²) in [5.41, 5.74) is 1.78. The van der Waals surface area contributed by atoms with E-state index in [1.165, 1.54) is 16.7 Å². The second kappa shape index (κ2) is 7.26. The first-order valence-electron chi connectivity index (χ1n) is 6.62. The van der Waals surface area contributed by atoms with Crippen LogP contribution in [0.4, 0.5) is 0 Å². The molecule has 1 aliphatic heterocycles. The maximum atomic E-state index is 12.4. The largest absolute Gasteiger partial charge is 0.481 e. The summed E-state index contributed by atoms with van der Waals surface area (Å²) in [7, 11) is 0. The molecule has 1 saturated heterocycles. The van der Waals surface area contributed by atoms with E-state index in [0.29, 0.717) is 27.2 Å². The fraction of sp³-hybridized carbons (Fsp3) is 0.267. The number of carboxylic acids is 1. The van der Waals surface area contributed by atoms with E-state index < -0.39 is 5.97 Å². The number of carbonyl (C=O) groups excluding carboxylic acids is 1. The maximum absolute atomic E-state index is 12.4. The average molecular weight is 356 g/mol. The van der Waals surface area contributed by atoms with Crippen LogP contribution >= 0.6 is 35.6 Å². The van der Waals surface area contributed by atoms with Crippen molar-refractivity contribution in [2.45, 2.75) is 19.8 Å². The Morgan fingerprint density at radius 3 is 2.86 bits per heavy atom. The molecule has 7 heteroatoms. The second-order valence-electron chi connectivity index (χ2n) is 4.80. The number of aliphatic carboxylic acids is 1. The Morgan fingerprint density at radius 1 is 1.50 bits per heavy atom. The summed E-state index contributed by atoms with van der Waals surface area (Å²) in [6.45, 7) is 2.24. The first-order valence-corrected chi connectivity index (χ1v) is 8.22. The summed E-state index contributed by atoms with van der Waals surface area (Å²) >= 11 is 12.6. The number of rotatable bonds is 5. The summed E-state index contributed by atoms with van der Waals surface area (Å²) in [5, 5.41) is 9.24. The van der Waals surface area contributed by atoms with Crippen LogP contribution in [-0.2, 0) is 9.59 Å². The fourth-order valence-corrected chi connectivity index (χ4v) is 3.61. The van der Waals surface area contributed by atoms with Gasteiger partial charge in [0.25, 0.3) is 5.91 Å². The number of carbonyl (C=O) groups is 2. The van der Waals surface area contributed by atoms with Crippen LogP contribution < -0.4 is 0 Å². The monoisotopic (exact) mass is 355 g/mol. The number of thiocarbonyl (C=S) groups is 1. The highest BCUT2D eigenvalue weighted by atomic mass is 35.5. The molecule has 0 bridgehead atoms. The molecular formula is C15H14ClNO3S2. The average Bonchev–Trinajstić information content (AvgIpc) is 2.70. The van der Waals surface area contributed by atoms with E-state index in [1.54, 1.807) is 12.1 Å². The molecule has 116 valence electrons. The molecule has 0 atom stereocenters. The van der Waals surface area contributed by atoms with Crippen molar-refractivity contribution in [3.63, 3.8) is 0 Å². The number of amides is 1. The van der Waals surface area contributed by atoms with E-state index in [1.807, 2.05) is 19.1 Å². The van der Waals surface area contributed by atoms with Gasteiger partial charge in [-0.1, -0.05) is 47.7 Å². The van der Waals surface area contributed by atoms with Crippen LogP contribution in [0.5, 0.6) is 0 Å². The zero-order chi connectivity index (χ0) is 16.3. The van der Waals surface area contributed by atoms with E-state index >= 15 is 0 Å². The minimum atomic E-state index is -0.882. The molecule has 0 radical (unpaired) electrons. The lowest BCUT2D eigenvalue weighted by Gasteiger charge is -2.13. The van der Waals surface area contributed by atoms with Crippen LogP contribution in [-0.4, -0.2) is 32.7 Å². The molecular weight excluding hydrogens is 342 g/mol. The van der Waals surface area contributed by atoms with Gasteiger partial charge in [-0.2, -0.15) is 0 Å². The summed E-state index contributed by atoms with van der Waals surface area (Å²) in [5.74, 6) is -1.08. The second-order valence-corrected chi connectivity index (χ2v) is 6.88. The van der Waals surface area contributed by atoms with E-state index in [2.05, 4.69) is 0 Å². The molecule has 1 N–H and O–H groups in total. The van der Waals surface area contributed by atoms with Gasteiger partial charge in [-0.15, -0.1) is 0 Å². The summed E-state index contributed by atoms with van der Waals surface area (Å²) < 4.78 is 0.450. The van der Waals surface area contributed by atoms with Gasteiger partial charge in [-0.25, -0.2) is 0 Å². The highest BCUT2D eigenvalue weighted by Gasteiger charge is 2.31. The predicted octanol–water partition coefficient (Wildman–Crippen LogP) is 3.71. The molecule has 22 heavy (non-hydrogen) atoms. The molecule has 0 saturated carbocycles. The lowest BCUT2D eigenvalue weighted by Crippen LogP contribution is -2.29. The van der Waals surface area contributed by atoms with Crippen molar-refractivity contribution in [1.29, 1.82) is 0 Å². The van der Waals surface area contributed by atoms with Gasteiger partial charge < -0.3 is 5.11 Å². The van der Waals surface area contributed by atoms with Crippen molar-refractivity contribution < 1.29 is 14.7 Å². The van der Waals surface area contributed by atoms with Crippen LogP contribution in [0.15, 0.2) is 23.1 Å². The van der Waals surface area contributed by atoms with Gasteiger partial charge in [0.05, 0.1) is 4.91 Å². The quantitative estimate of drug-likeness (QED) is 0.644. The molecule has 1 amide bonds. The first kappa shape index (κ1) is 17.0. The highest BCUT2D eigenvalue weighted by molar-refractivity contribution is 8.26. The van der Waals surface area contributed by atoms with Crippen molar-refractivity contribution in [3.8, 4) is 0 Å². The zero-order valence-corrected chi connectivity index (χ0v) is 14.2. The van der Waals surface area contributed by atoms with Crippen molar-refractivity contribution in [3.05, 3.63) is 39.3 Å². The van der Waals surface area contributed by atoms with E-state index in [0.717, 1.165) is 11.1 Å². The van der Waals surface area contributed by atoms with Gasteiger partial charge in [0, 0.05) is 18.0 Å². The molecule has 1 fully saturated rings. The number of benzene rings is 1. The smallest absolute Gasteiger partial charge is 0.303 e. The van der Waals surface area contributed by atoms with E-state index in [-0.39, 0.29) is 12.3 Å². The number of carboxylic acid groups (broad SMARTS) is 1. The van der Waals surface area contributed by atoms with E-state index in [9.17, 15) is 9.59 Å². The predicted molar refractivity (Wildman–Crippen MR) is 92.9 cm³/mol. The van der Waals surface area contributed by atoms with Crippen LogP contribution in [0.2, 0.25) is 5.02 Å². The van der Waals surface area contributed by atoms with Gasteiger partial charge in [-0.05, 0) is 36.6 Å². The molecule has 0 aromatic heterocycles. The van der Waals surface area contributed by atoms with Gasteiger partial charge in [-0.3, -0.25) is 14.5 Å². The molecule has 1 heterocycles. The van der Waals surface area contributed by atoms with Crippen molar-refractivity contribution in [1.82, 2.24) is 4.90 Å². The summed E-state index contributed by atoms with van der Waals surface area (Å²) in [4.78, 5) is 24.9. The van der Waals surface area contributed by atoms with Crippen molar-refractivity contribution in [2.75, 3.05) is 6.54 Å². The number of aryl methyl sites for hydroxylation is 1. The Hall–Kier alpha value is -1.37. The molecule has 4 nitrogen and oxygen atoms in total. The third-order valence-corrected chi connectivity index (χ3v) is 4.90. The SMILES string of the molecule is Cc1cccc(Cl)c1C=C1SC(=S)N(CCCC(=O)O)C1=O. The number of nitrogens with zero attached hydrogens (tertiary/aromatic N) is 1. The fourth-order valence-electron chi connectivity index (χ4n) is 2.04. The summed E-state index contributed by atoms with van der Waals surface area (Å²) in [6, 6.07) is 5.55. The minimum Gasteiger partial charge on any atom is -0.481 e. The number of halogens is 1. The first-order chi connectivity index (χ1) is 10.4. The molecule has 1 aliphatic rings. The number of hydrogen-bond donors (Lipinski definition) is 1. The van der Waals surface area contributed by atoms with Gasteiger partial charge >= 0.3 is 5.97 Å². The van der Waals surface area contributed by atoms with Crippen molar-refractivity contribution in [2.24, 2.45) is 0 Å². The summed E-state index contributed by atoms with van der Waals surface area (Å²) in [6.07, 6.45) is 2.13. The van der Waals surface area contributed by atoms with Gasteiger partial charge in [0.15, 0.2) is 0 Å². The van der Waals surface area contributed by atoms with Crippen LogP contribution in [0, 0.1) is 6.92 Å². The number of thioether (sulfide) groups is 1. The highest BCUT2D eigenvalue weighted by Crippen LogP contribution is 2.34. The van der Waals surface area contributed by atoms with Crippen molar-refractivity contribution >= 4 is 57.9 Å². The number of hydrogen-bond acceptors (Lipinski definition) is 4. The molecule has 0 spiro atoms. The lowest BCUT2D eigenvalue weighted by atomic mass is 10.1. The topological polar surface area (TPSA) is 57.6 Å².